The number of hydrogen-bond acceptors (Lipinski definition) is 2. The lowest BCUT2D eigenvalue weighted by Crippen LogP contribution is -2.40. The van der Waals surface area contributed by atoms with Crippen molar-refractivity contribution in [1.29, 1.82) is 0 Å². The lowest BCUT2D eigenvalue weighted by Gasteiger charge is -2.31. The lowest BCUT2D eigenvalue weighted by molar-refractivity contribution is 0.0654. The molecule has 0 unspecified atom stereocenters. The number of benzene rings is 1. The third kappa shape index (κ3) is 4.27. The summed E-state index contributed by atoms with van der Waals surface area (Å²) in [5, 5.41) is 0. The Morgan fingerprint density at radius 2 is 1.89 bits per heavy atom. The van der Waals surface area contributed by atoms with Crippen LogP contribution >= 0.6 is 0 Å². The van der Waals surface area contributed by atoms with E-state index in [0.29, 0.717) is 5.92 Å². The van der Waals surface area contributed by atoms with E-state index in [1.807, 2.05) is 24.8 Å². The number of ether oxygens (including phenoxy) is 1. The van der Waals surface area contributed by atoms with E-state index in [1.165, 1.54) is 5.56 Å². The topological polar surface area (TPSA) is 29.5 Å². The van der Waals surface area contributed by atoms with E-state index in [9.17, 15) is 4.79 Å². The summed E-state index contributed by atoms with van der Waals surface area (Å²) in [6, 6.07) is 10.6. The molecule has 3 nitrogen and oxygen atoms in total. The SMILES string of the molecule is CC(C)OC(=O)N1CCC(Cc2ccccc2)CC1. The van der Waals surface area contributed by atoms with Crippen LogP contribution in [-0.4, -0.2) is 30.2 Å². The molecule has 0 saturated carbocycles. The first-order valence-electron chi connectivity index (χ1n) is 7.14. The first-order chi connectivity index (χ1) is 9.15. The number of rotatable bonds is 3. The van der Waals surface area contributed by atoms with Crippen LogP contribution in [0.3, 0.4) is 0 Å². The lowest BCUT2D eigenvalue weighted by atomic mass is 9.90. The predicted octanol–water partition coefficient (Wildman–Crippen LogP) is 3.49. The van der Waals surface area contributed by atoms with Gasteiger partial charge in [0.2, 0.25) is 0 Å². The highest BCUT2D eigenvalue weighted by Gasteiger charge is 2.24. The summed E-state index contributed by atoms with van der Waals surface area (Å²) in [6.45, 7) is 5.42. The third-order valence-electron chi connectivity index (χ3n) is 3.58. The van der Waals surface area contributed by atoms with Crippen molar-refractivity contribution in [3.63, 3.8) is 0 Å². The Kier molecular flexibility index (Phi) is 4.83. The molecule has 0 aromatic heterocycles. The molecule has 1 aromatic rings. The fourth-order valence-electron chi connectivity index (χ4n) is 2.54. The number of amides is 1. The monoisotopic (exact) mass is 261 g/mol. The molecule has 1 saturated heterocycles. The van der Waals surface area contributed by atoms with Crippen LogP contribution in [0.15, 0.2) is 30.3 Å². The second kappa shape index (κ2) is 6.60. The maximum atomic E-state index is 11.8. The van der Waals surface area contributed by atoms with Crippen molar-refractivity contribution >= 4 is 6.09 Å². The molecule has 0 radical (unpaired) electrons. The Morgan fingerprint density at radius 1 is 1.26 bits per heavy atom. The van der Waals surface area contributed by atoms with E-state index in [0.717, 1.165) is 32.4 Å². The molecule has 0 aliphatic carbocycles. The summed E-state index contributed by atoms with van der Waals surface area (Å²) in [7, 11) is 0. The largest absolute Gasteiger partial charge is 0.447 e. The maximum absolute atomic E-state index is 11.8. The molecule has 2 rings (SSSR count). The Hall–Kier alpha value is -1.51. The summed E-state index contributed by atoms with van der Waals surface area (Å²) >= 11 is 0. The smallest absolute Gasteiger partial charge is 0.410 e. The number of carbonyl (C=O) groups excluding carboxylic acids is 1. The van der Waals surface area contributed by atoms with Gasteiger partial charge >= 0.3 is 6.09 Å². The molecule has 0 atom stereocenters. The van der Waals surface area contributed by atoms with Gasteiger partial charge in [-0.1, -0.05) is 30.3 Å². The molecule has 0 spiro atoms. The van der Waals surface area contributed by atoms with E-state index in [2.05, 4.69) is 24.3 Å². The Morgan fingerprint density at radius 3 is 2.47 bits per heavy atom. The summed E-state index contributed by atoms with van der Waals surface area (Å²) in [4.78, 5) is 13.6. The maximum Gasteiger partial charge on any atom is 0.410 e. The standard InChI is InChI=1S/C16H23NO2/c1-13(2)19-16(18)17-10-8-15(9-11-17)12-14-6-4-3-5-7-14/h3-7,13,15H,8-12H2,1-2H3. The van der Waals surface area contributed by atoms with Crippen molar-refractivity contribution in [3.8, 4) is 0 Å². The average molecular weight is 261 g/mol. The van der Waals surface area contributed by atoms with Crippen LogP contribution in [-0.2, 0) is 11.2 Å². The molecule has 1 aromatic carbocycles. The van der Waals surface area contributed by atoms with Crippen molar-refractivity contribution < 1.29 is 9.53 Å². The zero-order valence-electron chi connectivity index (χ0n) is 11.8. The second-order valence-corrected chi connectivity index (χ2v) is 5.55. The minimum Gasteiger partial charge on any atom is -0.447 e. The number of likely N-dealkylation sites (tertiary alicyclic amines) is 1. The van der Waals surface area contributed by atoms with Gasteiger partial charge in [0.15, 0.2) is 0 Å². The van der Waals surface area contributed by atoms with Crippen molar-refractivity contribution in [2.45, 2.75) is 39.2 Å². The molecule has 0 N–H and O–H groups in total. The summed E-state index contributed by atoms with van der Waals surface area (Å²) in [5.41, 5.74) is 1.39. The van der Waals surface area contributed by atoms with Crippen LogP contribution in [0.2, 0.25) is 0 Å². The Labute approximate surface area is 115 Å². The molecule has 1 heterocycles. The third-order valence-corrected chi connectivity index (χ3v) is 3.58. The van der Waals surface area contributed by atoms with Gasteiger partial charge in [-0.3, -0.25) is 0 Å². The van der Waals surface area contributed by atoms with Gasteiger partial charge in [-0.2, -0.15) is 0 Å². The highest BCUT2D eigenvalue weighted by molar-refractivity contribution is 5.67. The second-order valence-electron chi connectivity index (χ2n) is 5.55. The van der Waals surface area contributed by atoms with Crippen molar-refractivity contribution in [3.05, 3.63) is 35.9 Å². The van der Waals surface area contributed by atoms with E-state index < -0.39 is 0 Å². The fourth-order valence-corrected chi connectivity index (χ4v) is 2.54. The van der Waals surface area contributed by atoms with Gasteiger partial charge in [-0.05, 0) is 44.6 Å². The van der Waals surface area contributed by atoms with Crippen LogP contribution in [0.5, 0.6) is 0 Å². The van der Waals surface area contributed by atoms with Gasteiger partial charge in [0.25, 0.3) is 0 Å². The van der Waals surface area contributed by atoms with Gasteiger partial charge in [-0.15, -0.1) is 0 Å². The highest BCUT2D eigenvalue weighted by Crippen LogP contribution is 2.22. The van der Waals surface area contributed by atoms with Crippen LogP contribution in [0.4, 0.5) is 4.79 Å². The number of carbonyl (C=O) groups is 1. The Bertz CT molecular complexity index is 394. The van der Waals surface area contributed by atoms with Crippen LogP contribution in [0.25, 0.3) is 0 Å². The van der Waals surface area contributed by atoms with Crippen molar-refractivity contribution in [1.82, 2.24) is 4.90 Å². The average Bonchev–Trinajstić information content (AvgIpc) is 2.40. The summed E-state index contributed by atoms with van der Waals surface area (Å²) in [5.74, 6) is 0.686. The van der Waals surface area contributed by atoms with Crippen LogP contribution in [0, 0.1) is 5.92 Å². The van der Waals surface area contributed by atoms with E-state index in [1.54, 1.807) is 0 Å². The summed E-state index contributed by atoms with van der Waals surface area (Å²) in [6.07, 6.45) is 3.07. The normalized spacial score (nSPS) is 16.7. The fraction of sp³-hybridized carbons (Fsp3) is 0.562. The van der Waals surface area contributed by atoms with E-state index in [-0.39, 0.29) is 12.2 Å². The molecule has 19 heavy (non-hydrogen) atoms. The van der Waals surface area contributed by atoms with Gasteiger partial charge in [0.05, 0.1) is 6.10 Å². The molecule has 104 valence electrons. The van der Waals surface area contributed by atoms with Gasteiger partial charge in [0, 0.05) is 13.1 Å². The molecule has 1 aliphatic heterocycles. The van der Waals surface area contributed by atoms with Gasteiger partial charge in [0.1, 0.15) is 0 Å². The molecular weight excluding hydrogens is 238 g/mol. The van der Waals surface area contributed by atoms with Crippen LogP contribution in [0.1, 0.15) is 32.3 Å². The summed E-state index contributed by atoms with van der Waals surface area (Å²) < 4.78 is 5.23. The first kappa shape index (κ1) is 13.9. The minimum absolute atomic E-state index is 0.0328. The number of piperidine rings is 1. The van der Waals surface area contributed by atoms with Crippen molar-refractivity contribution in [2.75, 3.05) is 13.1 Å². The molecule has 1 amide bonds. The Balaban J connectivity index is 1.78. The van der Waals surface area contributed by atoms with Gasteiger partial charge < -0.3 is 9.64 Å². The van der Waals surface area contributed by atoms with Crippen LogP contribution < -0.4 is 0 Å². The minimum atomic E-state index is -0.159. The quantitative estimate of drug-likeness (QED) is 0.833. The number of nitrogens with zero attached hydrogens (tertiary/aromatic N) is 1. The first-order valence-corrected chi connectivity index (χ1v) is 7.14. The zero-order valence-corrected chi connectivity index (χ0v) is 11.8. The van der Waals surface area contributed by atoms with Crippen molar-refractivity contribution in [2.24, 2.45) is 5.92 Å². The van der Waals surface area contributed by atoms with E-state index in [4.69, 9.17) is 4.74 Å². The highest BCUT2D eigenvalue weighted by atomic mass is 16.6. The van der Waals surface area contributed by atoms with Gasteiger partial charge in [-0.25, -0.2) is 4.79 Å². The zero-order chi connectivity index (χ0) is 13.7. The molecule has 1 fully saturated rings. The predicted molar refractivity (Wildman–Crippen MR) is 76.1 cm³/mol. The molecular formula is C16H23NO2. The number of hydrogen-bond donors (Lipinski definition) is 0. The molecule has 1 aliphatic rings. The van der Waals surface area contributed by atoms with E-state index >= 15 is 0 Å². The molecule has 3 heteroatoms. The molecule has 0 bridgehead atoms.